The van der Waals surface area contributed by atoms with Gasteiger partial charge in [-0.3, -0.25) is 0 Å². The predicted octanol–water partition coefficient (Wildman–Crippen LogP) is 1.47. The zero-order valence-corrected chi connectivity index (χ0v) is 11.3. The van der Waals surface area contributed by atoms with Gasteiger partial charge in [-0.15, -0.1) is 0 Å². The van der Waals surface area contributed by atoms with Gasteiger partial charge in [-0.2, -0.15) is 0 Å². The maximum absolute atomic E-state index is 10.3. The van der Waals surface area contributed by atoms with Crippen LogP contribution in [0.4, 0.5) is 0 Å². The third kappa shape index (κ3) is 2.35. The fourth-order valence-electron chi connectivity index (χ4n) is 3.89. The Hall–Kier alpha value is -0.420. The number of aliphatic hydroxyl groups excluding tert-OH is 2. The van der Waals surface area contributed by atoms with Crippen molar-refractivity contribution >= 4 is 0 Å². The summed E-state index contributed by atoms with van der Waals surface area (Å²) in [5.74, 6) is 0.615. The van der Waals surface area contributed by atoms with Crippen LogP contribution in [0.3, 0.4) is 0 Å². The van der Waals surface area contributed by atoms with Crippen molar-refractivity contribution in [1.82, 2.24) is 0 Å². The Labute approximate surface area is 114 Å². The minimum Gasteiger partial charge on any atom is -0.396 e. The Morgan fingerprint density at radius 2 is 2.00 bits per heavy atom. The van der Waals surface area contributed by atoms with Crippen LogP contribution in [0.25, 0.3) is 0 Å². The first-order valence-electron chi connectivity index (χ1n) is 7.50. The summed E-state index contributed by atoms with van der Waals surface area (Å²) in [6.07, 6.45) is 8.75. The number of allylic oxidation sites excluding steroid dienone is 1. The third-order valence-corrected chi connectivity index (χ3v) is 4.94. The van der Waals surface area contributed by atoms with Crippen molar-refractivity contribution in [3.63, 3.8) is 0 Å². The van der Waals surface area contributed by atoms with Crippen LogP contribution in [-0.2, 0) is 9.47 Å². The quantitative estimate of drug-likeness (QED) is 0.585. The molecule has 0 aromatic carbocycles. The summed E-state index contributed by atoms with van der Waals surface area (Å²) >= 11 is 0. The van der Waals surface area contributed by atoms with E-state index in [1.807, 2.05) is 0 Å². The van der Waals surface area contributed by atoms with Crippen LogP contribution in [0.15, 0.2) is 12.2 Å². The van der Waals surface area contributed by atoms with Crippen molar-refractivity contribution < 1.29 is 19.7 Å². The molecule has 0 radical (unpaired) electrons. The minimum atomic E-state index is -0.356. The molecular weight excluding hydrogens is 244 g/mol. The van der Waals surface area contributed by atoms with Crippen LogP contribution in [0.1, 0.15) is 32.1 Å². The van der Waals surface area contributed by atoms with E-state index in [0.29, 0.717) is 25.0 Å². The molecule has 1 aliphatic heterocycles. The second-order valence-electron chi connectivity index (χ2n) is 6.02. The first-order valence-corrected chi connectivity index (χ1v) is 7.50. The van der Waals surface area contributed by atoms with Gasteiger partial charge in [0.2, 0.25) is 0 Å². The molecule has 108 valence electrons. The molecular formula is C15H24O4. The predicted molar refractivity (Wildman–Crippen MR) is 70.4 cm³/mol. The molecule has 1 spiro atoms. The molecule has 1 unspecified atom stereocenters. The lowest BCUT2D eigenvalue weighted by atomic mass is 9.69. The van der Waals surface area contributed by atoms with E-state index in [2.05, 4.69) is 12.2 Å². The molecule has 1 saturated heterocycles. The monoisotopic (exact) mass is 268 g/mol. The average Bonchev–Trinajstić information content (AvgIpc) is 2.97. The number of fused-ring (bicyclic) bond motifs is 2. The zero-order valence-electron chi connectivity index (χ0n) is 11.3. The molecule has 19 heavy (non-hydrogen) atoms. The van der Waals surface area contributed by atoms with Gasteiger partial charge < -0.3 is 19.7 Å². The van der Waals surface area contributed by atoms with E-state index >= 15 is 0 Å². The summed E-state index contributed by atoms with van der Waals surface area (Å²) in [6, 6.07) is 0. The number of unbranched alkanes of at least 4 members (excludes halogenated alkanes) is 2. The Morgan fingerprint density at radius 3 is 2.74 bits per heavy atom. The van der Waals surface area contributed by atoms with Crippen LogP contribution in [0.2, 0.25) is 0 Å². The normalized spacial score (nSPS) is 39.9. The molecule has 3 fully saturated rings. The average molecular weight is 268 g/mol. The van der Waals surface area contributed by atoms with Crippen molar-refractivity contribution in [3.8, 4) is 0 Å². The molecule has 2 saturated carbocycles. The first-order chi connectivity index (χ1) is 9.27. The van der Waals surface area contributed by atoms with Crippen molar-refractivity contribution in [2.75, 3.05) is 19.8 Å². The van der Waals surface area contributed by atoms with Gasteiger partial charge in [0.15, 0.2) is 5.79 Å². The summed E-state index contributed by atoms with van der Waals surface area (Å²) < 4.78 is 11.5. The Morgan fingerprint density at radius 1 is 1.21 bits per heavy atom. The fraction of sp³-hybridized carbons (Fsp3) is 0.867. The number of hydrogen-bond acceptors (Lipinski definition) is 4. The van der Waals surface area contributed by atoms with Crippen LogP contribution < -0.4 is 0 Å². The van der Waals surface area contributed by atoms with E-state index < -0.39 is 0 Å². The Bertz CT molecular complexity index is 335. The summed E-state index contributed by atoms with van der Waals surface area (Å²) in [4.78, 5) is 0. The summed E-state index contributed by atoms with van der Waals surface area (Å²) in [5, 5.41) is 19.0. The highest BCUT2D eigenvalue weighted by atomic mass is 16.7. The third-order valence-electron chi connectivity index (χ3n) is 4.94. The molecule has 4 atom stereocenters. The maximum atomic E-state index is 10.3. The van der Waals surface area contributed by atoms with E-state index in [1.54, 1.807) is 0 Å². The lowest BCUT2D eigenvalue weighted by Crippen LogP contribution is -2.54. The number of hydrogen-bond donors (Lipinski definition) is 2. The Balaban J connectivity index is 1.52. The number of rotatable bonds is 5. The van der Waals surface area contributed by atoms with Crippen molar-refractivity contribution in [2.45, 2.75) is 44.0 Å². The summed E-state index contributed by atoms with van der Waals surface area (Å²) in [5.41, 5.74) is 0. The van der Waals surface area contributed by atoms with Crippen molar-refractivity contribution in [2.24, 2.45) is 17.8 Å². The van der Waals surface area contributed by atoms with Gasteiger partial charge in [0.05, 0.1) is 19.3 Å². The Kier molecular flexibility index (Phi) is 3.94. The first kappa shape index (κ1) is 13.6. The summed E-state index contributed by atoms with van der Waals surface area (Å²) in [6.45, 7) is 1.66. The molecule has 3 aliphatic rings. The largest absolute Gasteiger partial charge is 0.396 e. The molecule has 3 rings (SSSR count). The van der Waals surface area contributed by atoms with Crippen LogP contribution >= 0.6 is 0 Å². The minimum absolute atomic E-state index is 0.238. The van der Waals surface area contributed by atoms with Crippen molar-refractivity contribution in [1.29, 1.82) is 0 Å². The zero-order chi connectivity index (χ0) is 13.3. The van der Waals surface area contributed by atoms with E-state index in [1.165, 1.54) is 0 Å². The smallest absolute Gasteiger partial charge is 0.172 e. The van der Waals surface area contributed by atoms with Gasteiger partial charge in [-0.25, -0.2) is 0 Å². The molecule has 0 amide bonds. The van der Waals surface area contributed by atoms with Gasteiger partial charge in [-0.1, -0.05) is 12.2 Å². The van der Waals surface area contributed by atoms with Gasteiger partial charge >= 0.3 is 0 Å². The van der Waals surface area contributed by atoms with E-state index in [0.717, 1.165) is 32.1 Å². The van der Waals surface area contributed by atoms with Gasteiger partial charge in [-0.05, 0) is 31.6 Å². The highest BCUT2D eigenvalue weighted by Crippen LogP contribution is 2.59. The topological polar surface area (TPSA) is 58.9 Å². The standard InChI is InChI=1S/C15H24O4/c16-6-4-2-1-3-5-11-9-13-12(14(11)17)10-15(13)18-7-8-19-15/h3,5,11-14,16-17H,1-2,4,6-10H2/t11-,12+,13-,14?/m0/s1. The van der Waals surface area contributed by atoms with Gasteiger partial charge in [0.1, 0.15) is 0 Å². The second kappa shape index (κ2) is 5.52. The molecule has 2 N–H and O–H groups in total. The summed E-state index contributed by atoms with van der Waals surface area (Å²) in [7, 11) is 0. The second-order valence-corrected chi connectivity index (χ2v) is 6.02. The van der Waals surface area contributed by atoms with E-state index in [9.17, 15) is 5.11 Å². The molecule has 0 aromatic heterocycles. The van der Waals surface area contributed by atoms with Crippen LogP contribution in [0.5, 0.6) is 0 Å². The fourth-order valence-corrected chi connectivity index (χ4v) is 3.89. The lowest BCUT2D eigenvalue weighted by molar-refractivity contribution is -0.275. The molecule has 0 bridgehead atoms. The molecule has 4 nitrogen and oxygen atoms in total. The van der Waals surface area contributed by atoms with Crippen LogP contribution in [0, 0.1) is 17.8 Å². The molecule has 1 heterocycles. The highest BCUT2D eigenvalue weighted by Gasteiger charge is 2.64. The SMILES string of the molecule is OCCCCC=C[C@H]1C[C@H]2[C@@H](CC23OCCO3)C1O. The number of ether oxygens (including phenoxy) is 2. The van der Waals surface area contributed by atoms with Crippen LogP contribution in [-0.4, -0.2) is 41.9 Å². The van der Waals surface area contributed by atoms with Crippen molar-refractivity contribution in [3.05, 3.63) is 12.2 Å². The van der Waals surface area contributed by atoms with E-state index in [4.69, 9.17) is 14.6 Å². The maximum Gasteiger partial charge on any atom is 0.172 e. The highest BCUT2D eigenvalue weighted by molar-refractivity contribution is 5.12. The molecule has 4 heteroatoms. The molecule has 0 aromatic rings. The molecule has 2 aliphatic carbocycles. The lowest BCUT2D eigenvalue weighted by Gasteiger charge is -2.48. The van der Waals surface area contributed by atoms with Gasteiger partial charge in [0, 0.05) is 24.9 Å². The van der Waals surface area contributed by atoms with Gasteiger partial charge in [0.25, 0.3) is 0 Å². The number of aliphatic hydroxyl groups is 2. The van der Waals surface area contributed by atoms with E-state index in [-0.39, 0.29) is 24.4 Å².